The van der Waals surface area contributed by atoms with Crippen molar-refractivity contribution < 1.29 is 9.72 Å². The highest BCUT2D eigenvalue weighted by atomic mass is 32.1. The molecule has 1 aliphatic rings. The zero-order valence-electron chi connectivity index (χ0n) is 8.80. The number of rotatable bonds is 4. The van der Waals surface area contributed by atoms with Gasteiger partial charge in [0, 0.05) is 17.5 Å². The average molecular weight is 240 g/mol. The molecular weight excluding hydrogens is 228 g/mol. The fourth-order valence-electron chi connectivity index (χ4n) is 1.54. The fraction of sp³-hybridized carbons (Fsp3) is 0.500. The van der Waals surface area contributed by atoms with Crippen LogP contribution in [0.4, 0.5) is 5.00 Å². The maximum atomic E-state index is 11.7. The minimum Gasteiger partial charge on any atom is -0.349 e. The first-order valence-electron chi connectivity index (χ1n) is 5.11. The number of carbonyl (C=O) groups is 1. The van der Waals surface area contributed by atoms with Crippen LogP contribution in [0.2, 0.25) is 0 Å². The van der Waals surface area contributed by atoms with Gasteiger partial charge in [-0.05, 0) is 25.7 Å². The Morgan fingerprint density at radius 3 is 2.88 bits per heavy atom. The summed E-state index contributed by atoms with van der Waals surface area (Å²) in [5.41, 5.74) is 0.379. The van der Waals surface area contributed by atoms with Gasteiger partial charge in [-0.25, -0.2) is 0 Å². The van der Waals surface area contributed by atoms with Gasteiger partial charge in [0.1, 0.15) is 0 Å². The highest BCUT2D eigenvalue weighted by Crippen LogP contribution is 2.32. The smallest absolute Gasteiger partial charge is 0.324 e. The van der Waals surface area contributed by atoms with Crippen LogP contribution in [0.25, 0.3) is 0 Å². The van der Waals surface area contributed by atoms with Crippen LogP contribution in [0.15, 0.2) is 11.4 Å². The first-order valence-corrected chi connectivity index (χ1v) is 5.99. The predicted molar refractivity (Wildman–Crippen MR) is 60.6 cm³/mol. The average Bonchev–Trinajstić information content (AvgIpc) is 2.95. The van der Waals surface area contributed by atoms with Crippen molar-refractivity contribution in [2.24, 2.45) is 5.92 Å². The molecular formula is C10H12N2O3S. The Morgan fingerprint density at radius 2 is 2.38 bits per heavy atom. The van der Waals surface area contributed by atoms with Gasteiger partial charge < -0.3 is 5.32 Å². The summed E-state index contributed by atoms with van der Waals surface area (Å²) in [6.07, 6.45) is 2.32. The number of nitro groups is 1. The van der Waals surface area contributed by atoms with Crippen LogP contribution in [0, 0.1) is 16.0 Å². The molecule has 6 heteroatoms. The molecule has 0 bridgehead atoms. The third-order valence-electron chi connectivity index (χ3n) is 2.72. The Balaban J connectivity index is 1.99. The van der Waals surface area contributed by atoms with Crippen LogP contribution >= 0.6 is 11.3 Å². The van der Waals surface area contributed by atoms with Crippen LogP contribution in [0.5, 0.6) is 0 Å². The van der Waals surface area contributed by atoms with E-state index >= 15 is 0 Å². The van der Waals surface area contributed by atoms with Crippen molar-refractivity contribution in [1.82, 2.24) is 5.32 Å². The van der Waals surface area contributed by atoms with Crippen LogP contribution in [0.1, 0.15) is 30.1 Å². The molecule has 2 rings (SSSR count). The van der Waals surface area contributed by atoms with E-state index in [-0.39, 0.29) is 17.0 Å². The van der Waals surface area contributed by atoms with E-state index < -0.39 is 4.92 Å². The zero-order chi connectivity index (χ0) is 11.7. The van der Waals surface area contributed by atoms with Crippen LogP contribution in [-0.4, -0.2) is 16.9 Å². The highest BCUT2D eigenvalue weighted by molar-refractivity contribution is 7.13. The van der Waals surface area contributed by atoms with E-state index in [0.29, 0.717) is 11.5 Å². The predicted octanol–water partition coefficient (Wildman–Crippen LogP) is 2.18. The molecule has 0 saturated heterocycles. The highest BCUT2D eigenvalue weighted by Gasteiger charge is 2.29. The maximum Gasteiger partial charge on any atom is 0.324 e. The van der Waals surface area contributed by atoms with Crippen molar-refractivity contribution in [2.75, 3.05) is 0 Å². The largest absolute Gasteiger partial charge is 0.349 e. The molecule has 1 amide bonds. The van der Waals surface area contributed by atoms with Crippen LogP contribution in [0.3, 0.4) is 0 Å². The molecule has 0 aromatic carbocycles. The second-order valence-electron chi connectivity index (χ2n) is 4.03. The molecule has 1 fully saturated rings. The second kappa shape index (κ2) is 4.21. The molecule has 0 spiro atoms. The number of hydrogen-bond acceptors (Lipinski definition) is 4. The van der Waals surface area contributed by atoms with E-state index in [4.69, 9.17) is 0 Å². The minimum absolute atomic E-state index is 0.00391. The van der Waals surface area contributed by atoms with Gasteiger partial charge in [0.05, 0.1) is 10.5 Å². The normalized spacial score (nSPS) is 16.8. The van der Waals surface area contributed by atoms with Gasteiger partial charge in [-0.2, -0.15) is 0 Å². The van der Waals surface area contributed by atoms with Crippen molar-refractivity contribution in [3.05, 3.63) is 27.1 Å². The minimum atomic E-state index is -0.480. The van der Waals surface area contributed by atoms with E-state index in [1.807, 2.05) is 6.92 Å². The van der Waals surface area contributed by atoms with E-state index in [1.54, 1.807) is 0 Å². The molecule has 1 atom stereocenters. The number of hydrogen-bond donors (Lipinski definition) is 1. The third kappa shape index (κ3) is 2.38. The lowest BCUT2D eigenvalue weighted by atomic mass is 10.2. The molecule has 1 N–H and O–H groups in total. The van der Waals surface area contributed by atoms with Crippen molar-refractivity contribution in [3.63, 3.8) is 0 Å². The molecule has 1 saturated carbocycles. The van der Waals surface area contributed by atoms with Gasteiger partial charge in [0.2, 0.25) is 0 Å². The number of nitrogens with zero attached hydrogens (tertiary/aromatic N) is 1. The van der Waals surface area contributed by atoms with Crippen LogP contribution in [-0.2, 0) is 0 Å². The monoisotopic (exact) mass is 240 g/mol. The van der Waals surface area contributed by atoms with Crippen molar-refractivity contribution in [1.29, 1.82) is 0 Å². The Kier molecular flexibility index (Phi) is 2.91. The molecule has 0 aliphatic heterocycles. The van der Waals surface area contributed by atoms with Gasteiger partial charge >= 0.3 is 5.00 Å². The SMILES string of the molecule is C[C@@H](NC(=O)c1csc([N+](=O)[O-])c1)C1CC1. The maximum absolute atomic E-state index is 11.7. The molecule has 86 valence electrons. The number of carbonyl (C=O) groups excluding carboxylic acids is 1. The molecule has 1 aromatic rings. The summed E-state index contributed by atoms with van der Waals surface area (Å²) in [7, 11) is 0. The van der Waals surface area contributed by atoms with Gasteiger partial charge in [-0.15, -0.1) is 0 Å². The molecule has 0 radical (unpaired) electrons. The summed E-state index contributed by atoms with van der Waals surface area (Å²) < 4.78 is 0. The van der Waals surface area contributed by atoms with Crippen molar-refractivity contribution >= 4 is 22.2 Å². The Bertz CT molecular complexity index is 425. The van der Waals surface area contributed by atoms with E-state index in [1.165, 1.54) is 11.4 Å². The lowest BCUT2D eigenvalue weighted by Gasteiger charge is -2.11. The summed E-state index contributed by atoms with van der Waals surface area (Å²) >= 11 is 0.977. The second-order valence-corrected chi connectivity index (χ2v) is 4.92. The number of thiophene rings is 1. The van der Waals surface area contributed by atoms with Gasteiger partial charge in [-0.3, -0.25) is 14.9 Å². The number of amides is 1. The molecule has 16 heavy (non-hydrogen) atoms. The summed E-state index contributed by atoms with van der Waals surface area (Å²) in [5, 5.41) is 14.8. The quantitative estimate of drug-likeness (QED) is 0.647. The zero-order valence-corrected chi connectivity index (χ0v) is 9.62. The van der Waals surface area contributed by atoms with E-state index in [0.717, 1.165) is 24.2 Å². The summed E-state index contributed by atoms with van der Waals surface area (Å²) in [5.74, 6) is 0.362. The molecule has 0 unspecified atom stereocenters. The first-order chi connectivity index (χ1) is 7.58. The third-order valence-corrected chi connectivity index (χ3v) is 3.60. The van der Waals surface area contributed by atoms with Gasteiger partial charge in [0.15, 0.2) is 0 Å². The summed E-state index contributed by atoms with van der Waals surface area (Å²) in [6, 6.07) is 1.48. The van der Waals surface area contributed by atoms with Crippen molar-refractivity contribution in [2.45, 2.75) is 25.8 Å². The van der Waals surface area contributed by atoms with Crippen LogP contribution < -0.4 is 5.32 Å². The molecule has 1 aliphatic carbocycles. The van der Waals surface area contributed by atoms with Gasteiger partial charge in [-0.1, -0.05) is 11.3 Å². The Morgan fingerprint density at radius 1 is 1.69 bits per heavy atom. The molecule has 1 aromatic heterocycles. The standard InChI is InChI=1S/C10H12N2O3S/c1-6(7-2-3-7)11-10(13)8-4-9(12(14)15)16-5-8/h4-7H,2-3H2,1H3,(H,11,13)/t6-/m1/s1. The topological polar surface area (TPSA) is 72.2 Å². The fourth-order valence-corrected chi connectivity index (χ4v) is 2.25. The number of nitrogens with one attached hydrogen (secondary N) is 1. The summed E-state index contributed by atoms with van der Waals surface area (Å²) in [6.45, 7) is 1.97. The van der Waals surface area contributed by atoms with E-state index in [9.17, 15) is 14.9 Å². The molecule has 1 heterocycles. The molecule has 5 nitrogen and oxygen atoms in total. The van der Waals surface area contributed by atoms with Gasteiger partial charge in [0.25, 0.3) is 5.91 Å². The summed E-state index contributed by atoms with van der Waals surface area (Å²) in [4.78, 5) is 21.7. The Labute approximate surface area is 96.6 Å². The van der Waals surface area contributed by atoms with Crippen molar-refractivity contribution in [3.8, 4) is 0 Å². The Hall–Kier alpha value is -1.43. The van der Waals surface area contributed by atoms with E-state index in [2.05, 4.69) is 5.32 Å². The lowest BCUT2D eigenvalue weighted by molar-refractivity contribution is -0.380. The first kappa shape index (κ1) is 11.1. The lowest BCUT2D eigenvalue weighted by Crippen LogP contribution is -2.33.